The summed E-state index contributed by atoms with van der Waals surface area (Å²) < 4.78 is 10.3. The summed E-state index contributed by atoms with van der Waals surface area (Å²) in [6.07, 6.45) is 1.76. The summed E-state index contributed by atoms with van der Waals surface area (Å²) in [4.78, 5) is 15.9. The van der Waals surface area contributed by atoms with Gasteiger partial charge in [-0.2, -0.15) is 0 Å². The van der Waals surface area contributed by atoms with Gasteiger partial charge in [0.25, 0.3) is 5.91 Å². The first-order chi connectivity index (χ1) is 9.17. The van der Waals surface area contributed by atoms with Gasteiger partial charge in [0.1, 0.15) is 5.75 Å². The molecule has 0 saturated heterocycles. The van der Waals surface area contributed by atoms with Crippen molar-refractivity contribution in [1.82, 2.24) is 10.3 Å². The average molecular weight is 267 g/mol. The Morgan fingerprint density at radius 3 is 2.89 bits per heavy atom. The summed E-state index contributed by atoms with van der Waals surface area (Å²) in [5.74, 6) is 0.387. The van der Waals surface area contributed by atoms with Crippen LogP contribution < -0.4 is 15.8 Å². The van der Waals surface area contributed by atoms with Crippen LogP contribution in [0.5, 0.6) is 5.75 Å². The summed E-state index contributed by atoms with van der Waals surface area (Å²) in [5.41, 5.74) is 6.35. The second-order valence-corrected chi connectivity index (χ2v) is 4.07. The number of ether oxygens (including phenoxy) is 2. The number of pyridine rings is 1. The quantitative estimate of drug-likeness (QED) is 0.653. The Morgan fingerprint density at radius 2 is 2.32 bits per heavy atom. The Bertz CT molecular complexity index is 381. The number of carbonyl (C=O) groups excluding carboxylic acids is 1. The van der Waals surface area contributed by atoms with Gasteiger partial charge >= 0.3 is 0 Å². The minimum atomic E-state index is -0.570. The van der Waals surface area contributed by atoms with Crippen LogP contribution >= 0.6 is 0 Å². The molecular formula is C13H21N3O3. The van der Waals surface area contributed by atoms with E-state index in [9.17, 15) is 4.79 Å². The van der Waals surface area contributed by atoms with E-state index in [2.05, 4.69) is 10.3 Å². The Kier molecular flexibility index (Phi) is 6.84. The molecule has 0 spiro atoms. The molecule has 106 valence electrons. The highest BCUT2D eigenvalue weighted by molar-refractivity contribution is 5.80. The van der Waals surface area contributed by atoms with Crippen LogP contribution in [0.4, 0.5) is 0 Å². The first-order valence-electron chi connectivity index (χ1n) is 6.25. The van der Waals surface area contributed by atoms with Gasteiger partial charge in [-0.05, 0) is 25.6 Å². The summed E-state index contributed by atoms with van der Waals surface area (Å²) in [7, 11) is 1.58. The van der Waals surface area contributed by atoms with Crippen molar-refractivity contribution in [3.05, 3.63) is 24.0 Å². The van der Waals surface area contributed by atoms with Crippen molar-refractivity contribution in [2.75, 3.05) is 26.8 Å². The highest BCUT2D eigenvalue weighted by atomic mass is 16.5. The fraction of sp³-hybridized carbons (Fsp3) is 0.538. The third-order valence-corrected chi connectivity index (χ3v) is 2.49. The Morgan fingerprint density at radius 1 is 1.53 bits per heavy atom. The van der Waals surface area contributed by atoms with Crippen molar-refractivity contribution in [2.45, 2.75) is 19.4 Å². The fourth-order valence-electron chi connectivity index (χ4n) is 1.45. The molecule has 6 nitrogen and oxygen atoms in total. The number of rotatable bonds is 8. The van der Waals surface area contributed by atoms with E-state index in [1.54, 1.807) is 26.3 Å². The number of hydrogen-bond donors (Lipinski definition) is 2. The van der Waals surface area contributed by atoms with Crippen molar-refractivity contribution in [3.8, 4) is 5.75 Å². The summed E-state index contributed by atoms with van der Waals surface area (Å²) in [6.45, 7) is 3.20. The molecule has 1 heterocycles. The number of carbonyl (C=O) groups is 1. The first kappa shape index (κ1) is 15.4. The predicted molar refractivity (Wildman–Crippen MR) is 72.0 cm³/mol. The molecule has 1 aromatic rings. The van der Waals surface area contributed by atoms with Crippen LogP contribution in [0.15, 0.2) is 18.3 Å². The zero-order valence-electron chi connectivity index (χ0n) is 11.4. The Labute approximate surface area is 113 Å². The third kappa shape index (κ3) is 5.67. The second kappa shape index (κ2) is 8.44. The second-order valence-electron chi connectivity index (χ2n) is 4.07. The van der Waals surface area contributed by atoms with E-state index in [4.69, 9.17) is 15.2 Å². The highest BCUT2D eigenvalue weighted by Gasteiger charge is 2.13. The van der Waals surface area contributed by atoms with E-state index in [1.807, 2.05) is 6.07 Å². The smallest absolute Gasteiger partial charge is 0.260 e. The lowest BCUT2D eigenvalue weighted by molar-refractivity contribution is -0.127. The number of amides is 1. The lowest BCUT2D eigenvalue weighted by atomic mass is 10.2. The molecule has 0 bridgehead atoms. The van der Waals surface area contributed by atoms with Crippen LogP contribution in [-0.4, -0.2) is 43.8 Å². The summed E-state index contributed by atoms with van der Waals surface area (Å²) >= 11 is 0. The van der Waals surface area contributed by atoms with Gasteiger partial charge in [-0.25, -0.2) is 0 Å². The highest BCUT2D eigenvalue weighted by Crippen LogP contribution is 2.11. The van der Waals surface area contributed by atoms with E-state index >= 15 is 0 Å². The SMILES string of the molecule is COCCNC(=O)C(C)Oc1ccc(CCN)nc1. The molecule has 0 saturated carbocycles. The van der Waals surface area contributed by atoms with Gasteiger partial charge < -0.3 is 20.5 Å². The van der Waals surface area contributed by atoms with Crippen LogP contribution in [0, 0.1) is 0 Å². The monoisotopic (exact) mass is 267 g/mol. The van der Waals surface area contributed by atoms with Crippen LogP contribution in [0.1, 0.15) is 12.6 Å². The standard InChI is InChI=1S/C13H21N3O3/c1-10(13(17)15-7-8-18-2)19-12-4-3-11(5-6-14)16-9-12/h3-4,9-10H,5-8,14H2,1-2H3,(H,15,17). The molecule has 0 aliphatic heterocycles. The van der Waals surface area contributed by atoms with E-state index in [1.165, 1.54) is 0 Å². The van der Waals surface area contributed by atoms with Gasteiger partial charge in [0, 0.05) is 25.8 Å². The topological polar surface area (TPSA) is 86.5 Å². The van der Waals surface area contributed by atoms with Gasteiger partial charge in [-0.3, -0.25) is 9.78 Å². The molecule has 0 aromatic carbocycles. The summed E-state index contributed by atoms with van der Waals surface area (Å²) in [5, 5.41) is 2.71. The van der Waals surface area contributed by atoms with Crippen LogP contribution in [-0.2, 0) is 16.0 Å². The molecule has 0 radical (unpaired) electrons. The van der Waals surface area contributed by atoms with Crippen molar-refractivity contribution < 1.29 is 14.3 Å². The maximum Gasteiger partial charge on any atom is 0.260 e. The molecule has 0 aliphatic carbocycles. The lowest BCUT2D eigenvalue weighted by Crippen LogP contribution is -2.37. The van der Waals surface area contributed by atoms with E-state index in [0.29, 0.717) is 25.4 Å². The summed E-state index contributed by atoms with van der Waals surface area (Å²) in [6, 6.07) is 3.63. The molecule has 1 rings (SSSR count). The number of nitrogens with two attached hydrogens (primary N) is 1. The van der Waals surface area contributed by atoms with Gasteiger partial charge in [-0.1, -0.05) is 0 Å². The van der Waals surface area contributed by atoms with E-state index in [-0.39, 0.29) is 5.91 Å². The number of methoxy groups -OCH3 is 1. The first-order valence-corrected chi connectivity index (χ1v) is 6.25. The maximum atomic E-state index is 11.7. The van der Waals surface area contributed by atoms with Gasteiger partial charge in [0.2, 0.25) is 0 Å². The number of nitrogens with zero attached hydrogens (tertiary/aromatic N) is 1. The predicted octanol–water partition coefficient (Wildman–Crippen LogP) is 0.113. The molecule has 0 aliphatic rings. The van der Waals surface area contributed by atoms with Crippen molar-refractivity contribution in [1.29, 1.82) is 0 Å². The maximum absolute atomic E-state index is 11.7. The van der Waals surface area contributed by atoms with Gasteiger partial charge in [0.05, 0.1) is 12.8 Å². The molecule has 0 fully saturated rings. The average Bonchev–Trinajstić information content (AvgIpc) is 2.41. The minimum Gasteiger partial charge on any atom is -0.479 e. The van der Waals surface area contributed by atoms with Crippen molar-refractivity contribution in [3.63, 3.8) is 0 Å². The zero-order chi connectivity index (χ0) is 14.1. The van der Waals surface area contributed by atoms with Gasteiger partial charge in [0.15, 0.2) is 6.10 Å². The third-order valence-electron chi connectivity index (χ3n) is 2.49. The Balaban J connectivity index is 2.42. The van der Waals surface area contributed by atoms with Crippen molar-refractivity contribution >= 4 is 5.91 Å². The lowest BCUT2D eigenvalue weighted by Gasteiger charge is -2.14. The van der Waals surface area contributed by atoms with E-state index < -0.39 is 6.10 Å². The normalized spacial score (nSPS) is 11.9. The van der Waals surface area contributed by atoms with Gasteiger partial charge in [-0.15, -0.1) is 0 Å². The molecule has 1 aromatic heterocycles. The van der Waals surface area contributed by atoms with Crippen LogP contribution in [0.3, 0.4) is 0 Å². The number of aromatic nitrogens is 1. The molecular weight excluding hydrogens is 246 g/mol. The van der Waals surface area contributed by atoms with Crippen LogP contribution in [0.25, 0.3) is 0 Å². The van der Waals surface area contributed by atoms with Crippen molar-refractivity contribution in [2.24, 2.45) is 5.73 Å². The number of nitrogens with one attached hydrogen (secondary N) is 1. The largest absolute Gasteiger partial charge is 0.479 e. The van der Waals surface area contributed by atoms with E-state index in [0.717, 1.165) is 12.1 Å². The fourth-order valence-corrected chi connectivity index (χ4v) is 1.45. The molecule has 1 unspecified atom stereocenters. The molecule has 3 N–H and O–H groups in total. The zero-order valence-corrected chi connectivity index (χ0v) is 11.4. The molecule has 19 heavy (non-hydrogen) atoms. The molecule has 1 amide bonds. The van der Waals surface area contributed by atoms with Crippen LogP contribution in [0.2, 0.25) is 0 Å². The Hall–Kier alpha value is -1.66. The molecule has 1 atom stereocenters. The molecule has 6 heteroatoms. The minimum absolute atomic E-state index is 0.178. The number of hydrogen-bond acceptors (Lipinski definition) is 5.